The lowest BCUT2D eigenvalue weighted by Crippen LogP contribution is -1.90. The van der Waals surface area contributed by atoms with E-state index in [4.69, 9.17) is 10.8 Å². The van der Waals surface area contributed by atoms with E-state index in [1.54, 1.807) is 18.5 Å². The van der Waals surface area contributed by atoms with Gasteiger partial charge in [0.2, 0.25) is 0 Å². The van der Waals surface area contributed by atoms with Gasteiger partial charge in [-0.3, -0.25) is 4.98 Å². The summed E-state index contributed by atoms with van der Waals surface area (Å²) in [6, 6.07) is 1.70. The Morgan fingerprint density at radius 1 is 1.17 bits per heavy atom. The zero-order valence-electron chi connectivity index (χ0n) is 7.33. The summed E-state index contributed by atoms with van der Waals surface area (Å²) in [5.41, 5.74) is 1.41. The zero-order valence-corrected chi connectivity index (χ0v) is 7.33. The van der Waals surface area contributed by atoms with Gasteiger partial charge in [-0.15, -0.1) is 0 Å². The lowest BCUT2D eigenvalue weighted by atomic mass is 10.2. The molecule has 1 rings (SSSR count). The summed E-state index contributed by atoms with van der Waals surface area (Å²) in [6.45, 7) is 4.00. The van der Waals surface area contributed by atoms with Gasteiger partial charge in [-0.05, 0) is 6.07 Å². The highest BCUT2D eigenvalue weighted by molar-refractivity contribution is 5.91. The van der Waals surface area contributed by atoms with Gasteiger partial charge in [0.1, 0.15) is 0 Å². The smallest absolute Gasteiger partial charge is 0.0362 e. The fourth-order valence-electron chi connectivity index (χ4n) is 0.669. The van der Waals surface area contributed by atoms with E-state index in [-0.39, 0.29) is 0 Å². The molecular formula is C9H13N3. The topological polar surface area (TPSA) is 60.6 Å². The molecule has 64 valence electrons. The van der Waals surface area contributed by atoms with Crippen LogP contribution in [0.3, 0.4) is 0 Å². The second-order valence-corrected chi connectivity index (χ2v) is 1.79. The second-order valence-electron chi connectivity index (χ2n) is 1.79. The lowest BCUT2D eigenvalue weighted by Gasteiger charge is -1.93. The summed E-state index contributed by atoms with van der Waals surface area (Å²) < 4.78 is 0. The van der Waals surface area contributed by atoms with E-state index >= 15 is 0 Å². The van der Waals surface area contributed by atoms with Crippen LogP contribution in [0.25, 0.3) is 0 Å². The number of nitrogens with one attached hydrogen (secondary N) is 2. The van der Waals surface area contributed by atoms with Crippen LogP contribution in [-0.4, -0.2) is 17.4 Å². The van der Waals surface area contributed by atoms with Gasteiger partial charge in [0.15, 0.2) is 0 Å². The van der Waals surface area contributed by atoms with Crippen molar-refractivity contribution in [2.75, 3.05) is 0 Å². The molecule has 3 heteroatoms. The van der Waals surface area contributed by atoms with E-state index in [2.05, 4.69) is 4.98 Å². The first kappa shape index (κ1) is 10.5. The van der Waals surface area contributed by atoms with Gasteiger partial charge < -0.3 is 10.8 Å². The molecule has 0 radical (unpaired) electrons. The average Bonchev–Trinajstić information content (AvgIpc) is 2.20. The van der Waals surface area contributed by atoms with E-state index in [9.17, 15) is 0 Å². The summed E-state index contributed by atoms with van der Waals surface area (Å²) in [5.74, 6) is 0. The summed E-state index contributed by atoms with van der Waals surface area (Å²) in [5, 5.41) is 13.9. The van der Waals surface area contributed by atoms with E-state index in [0.29, 0.717) is 5.56 Å². The first-order valence-electron chi connectivity index (χ1n) is 3.83. The predicted octanol–water partition coefficient (Wildman–Crippen LogP) is 2.10. The first-order valence-corrected chi connectivity index (χ1v) is 3.83. The van der Waals surface area contributed by atoms with Gasteiger partial charge in [0.05, 0.1) is 0 Å². The molecule has 0 spiro atoms. The summed E-state index contributed by atoms with van der Waals surface area (Å²) in [7, 11) is 0. The monoisotopic (exact) mass is 163 g/mol. The van der Waals surface area contributed by atoms with Gasteiger partial charge in [-0.25, -0.2) is 0 Å². The molecule has 0 aromatic carbocycles. The molecular weight excluding hydrogens is 150 g/mol. The Kier molecular flexibility index (Phi) is 5.43. The molecule has 0 atom stereocenters. The molecule has 1 aromatic heterocycles. The Hall–Kier alpha value is -1.51. The summed E-state index contributed by atoms with van der Waals surface area (Å²) in [4.78, 5) is 3.81. The van der Waals surface area contributed by atoms with Gasteiger partial charge in [-0.2, -0.15) is 0 Å². The van der Waals surface area contributed by atoms with Crippen molar-refractivity contribution in [1.29, 1.82) is 10.8 Å². The minimum Gasteiger partial charge on any atom is -0.308 e. The van der Waals surface area contributed by atoms with Crippen molar-refractivity contribution >= 4 is 12.4 Å². The van der Waals surface area contributed by atoms with Gasteiger partial charge in [0, 0.05) is 35.9 Å². The molecule has 12 heavy (non-hydrogen) atoms. The molecule has 0 aliphatic heterocycles. The van der Waals surface area contributed by atoms with Gasteiger partial charge in [-0.1, -0.05) is 13.8 Å². The number of pyridine rings is 1. The number of hydrogen-bond acceptors (Lipinski definition) is 3. The highest BCUT2D eigenvalue weighted by atomic mass is 14.6. The molecule has 1 heterocycles. The summed E-state index contributed by atoms with van der Waals surface area (Å²) in [6.07, 6.45) is 5.57. The Morgan fingerprint density at radius 3 is 2.17 bits per heavy atom. The van der Waals surface area contributed by atoms with Crippen LogP contribution in [0.2, 0.25) is 0 Å². The second kappa shape index (κ2) is 6.22. The van der Waals surface area contributed by atoms with Crippen molar-refractivity contribution in [1.82, 2.24) is 4.98 Å². The van der Waals surface area contributed by atoms with Crippen molar-refractivity contribution in [3.8, 4) is 0 Å². The van der Waals surface area contributed by atoms with Crippen molar-refractivity contribution in [2.24, 2.45) is 0 Å². The number of aromatic nitrogens is 1. The Morgan fingerprint density at radius 2 is 1.75 bits per heavy atom. The zero-order chi connectivity index (χ0) is 9.40. The third-order valence-electron chi connectivity index (χ3n) is 1.20. The average molecular weight is 163 g/mol. The van der Waals surface area contributed by atoms with Crippen LogP contribution in [-0.2, 0) is 0 Å². The summed E-state index contributed by atoms with van der Waals surface area (Å²) >= 11 is 0. The molecule has 0 unspecified atom stereocenters. The maximum absolute atomic E-state index is 6.93. The minimum absolute atomic E-state index is 0.678. The SMILES string of the molecule is CC.N=Cc1ccncc1C=N. The van der Waals surface area contributed by atoms with Crippen LogP contribution in [0.5, 0.6) is 0 Å². The van der Waals surface area contributed by atoms with Crippen LogP contribution >= 0.6 is 0 Å². The fraction of sp³-hybridized carbons (Fsp3) is 0.222. The third kappa shape index (κ3) is 2.62. The van der Waals surface area contributed by atoms with Crippen molar-refractivity contribution in [3.63, 3.8) is 0 Å². The Balaban J connectivity index is 0.000000561. The lowest BCUT2D eigenvalue weighted by molar-refractivity contribution is 1.31. The molecule has 0 aliphatic carbocycles. The third-order valence-corrected chi connectivity index (χ3v) is 1.20. The predicted molar refractivity (Wildman–Crippen MR) is 51.4 cm³/mol. The molecule has 0 fully saturated rings. The van der Waals surface area contributed by atoms with Gasteiger partial charge >= 0.3 is 0 Å². The van der Waals surface area contributed by atoms with Gasteiger partial charge in [0.25, 0.3) is 0 Å². The highest BCUT2D eigenvalue weighted by Gasteiger charge is 1.92. The van der Waals surface area contributed by atoms with E-state index in [1.807, 2.05) is 13.8 Å². The van der Waals surface area contributed by atoms with Crippen LogP contribution in [0, 0.1) is 10.8 Å². The maximum Gasteiger partial charge on any atom is 0.0362 e. The van der Waals surface area contributed by atoms with Crippen molar-refractivity contribution < 1.29 is 0 Å². The quantitative estimate of drug-likeness (QED) is 0.644. The standard InChI is InChI=1S/C7H7N3.C2H6/c8-3-6-1-2-10-5-7(6)4-9;1-2/h1-5,8-9H;1-2H3. The number of nitrogens with zero attached hydrogens (tertiary/aromatic N) is 1. The van der Waals surface area contributed by atoms with E-state index < -0.39 is 0 Å². The molecule has 1 aromatic rings. The van der Waals surface area contributed by atoms with Crippen molar-refractivity contribution in [2.45, 2.75) is 13.8 Å². The molecule has 0 saturated carbocycles. The van der Waals surface area contributed by atoms with Crippen LogP contribution in [0.15, 0.2) is 18.5 Å². The Bertz CT molecular complexity index is 229. The normalized spacial score (nSPS) is 7.83. The molecule has 2 N–H and O–H groups in total. The van der Waals surface area contributed by atoms with Crippen molar-refractivity contribution in [3.05, 3.63) is 29.6 Å². The minimum atomic E-state index is 0.678. The largest absolute Gasteiger partial charge is 0.308 e. The molecule has 0 aliphatic rings. The van der Waals surface area contributed by atoms with E-state index in [0.717, 1.165) is 5.56 Å². The number of rotatable bonds is 2. The van der Waals surface area contributed by atoms with Crippen LogP contribution in [0.4, 0.5) is 0 Å². The molecule has 3 nitrogen and oxygen atoms in total. The Labute approximate surface area is 72.5 Å². The molecule has 0 saturated heterocycles. The number of hydrogen-bond donors (Lipinski definition) is 2. The molecule has 0 amide bonds. The maximum atomic E-state index is 6.93. The molecule has 0 bridgehead atoms. The van der Waals surface area contributed by atoms with E-state index in [1.165, 1.54) is 12.4 Å². The van der Waals surface area contributed by atoms with Crippen LogP contribution < -0.4 is 0 Å². The van der Waals surface area contributed by atoms with Crippen LogP contribution in [0.1, 0.15) is 25.0 Å². The highest BCUT2D eigenvalue weighted by Crippen LogP contribution is 1.98. The first-order chi connectivity index (χ1) is 5.88. The fourth-order valence-corrected chi connectivity index (χ4v) is 0.669.